The zero-order valence-corrected chi connectivity index (χ0v) is 34.0. The summed E-state index contributed by atoms with van der Waals surface area (Å²) in [7, 11) is -4.34. The second-order valence-electron chi connectivity index (χ2n) is 12.7. The Kier molecular flexibility index (Phi) is 12.3. The topological polar surface area (TPSA) is 148 Å². The highest BCUT2D eigenvalue weighted by molar-refractivity contribution is 9.10. The minimum atomic E-state index is -5.96. The van der Waals surface area contributed by atoms with Gasteiger partial charge in [-0.3, -0.25) is 19.6 Å². The number of aromatic nitrogens is 6. The van der Waals surface area contributed by atoms with Crippen molar-refractivity contribution < 1.29 is 30.5 Å². The van der Waals surface area contributed by atoms with Crippen molar-refractivity contribution in [2.24, 2.45) is 0 Å². The molecule has 0 atom stereocenters. The summed E-state index contributed by atoms with van der Waals surface area (Å²) in [6, 6.07) is 42.0. The molecule has 0 fully saturated rings. The number of hydrogen-bond acceptors (Lipinski definition) is 10. The molecule has 0 aliphatic rings. The standard InChI is InChI=1S/C22H16BrN3O2.C22H14F3N3O4S/c1-28-16-11-9-15(10-12-16)17-14-20(19-7-4-5-13-24-19)25-26(22(17)27)21-8-3-2-6-18(21)23;23-22(24,25)33(30,31)32-20-12-5-4-10-16(20)17-14-19(18-11-6-7-13-26-18)27-28(21(17)29)15-8-2-1-3-9-15/h2-14H,1H3;1-14H. The molecule has 0 aliphatic carbocycles. The van der Waals surface area contributed by atoms with E-state index in [9.17, 15) is 31.2 Å². The van der Waals surface area contributed by atoms with Crippen LogP contribution in [0.4, 0.5) is 13.2 Å². The molecular weight excluding hydrogens is 877 g/mol. The Morgan fingerprint density at radius 3 is 1.72 bits per heavy atom. The molecule has 0 aliphatic heterocycles. The van der Waals surface area contributed by atoms with Crippen LogP contribution >= 0.6 is 15.9 Å². The highest BCUT2D eigenvalue weighted by Gasteiger charge is 2.49. The van der Waals surface area contributed by atoms with Crippen LogP contribution < -0.4 is 20.0 Å². The predicted molar refractivity (Wildman–Crippen MR) is 227 cm³/mol. The van der Waals surface area contributed by atoms with E-state index in [0.29, 0.717) is 34.0 Å². The first-order valence-electron chi connectivity index (χ1n) is 18.0. The molecule has 0 radical (unpaired) electrons. The van der Waals surface area contributed by atoms with E-state index in [1.807, 2.05) is 66.7 Å². The quantitative estimate of drug-likeness (QED) is 0.102. The first-order valence-corrected chi connectivity index (χ1v) is 20.2. The molecule has 0 saturated heterocycles. The number of benzene rings is 4. The fourth-order valence-corrected chi connectivity index (χ4v) is 6.83. The average Bonchev–Trinajstić information content (AvgIpc) is 3.28. The SMILES string of the molecule is COc1ccc(-c2cc(-c3ccccn3)nn(-c3ccccc3Br)c2=O)cc1.O=c1c(-c2ccccc2OS(=O)(=O)C(F)(F)F)cc(-c2ccccn2)nn1-c1ccccc1. The van der Waals surface area contributed by atoms with Crippen molar-refractivity contribution in [3.05, 3.63) is 189 Å². The Bertz CT molecular complexity index is 3050. The number of hydrogen-bond donors (Lipinski definition) is 0. The zero-order valence-electron chi connectivity index (χ0n) is 31.6. The van der Waals surface area contributed by atoms with Crippen LogP contribution in [0.25, 0.3) is 56.4 Å². The Hall–Kier alpha value is -7.24. The van der Waals surface area contributed by atoms with E-state index in [2.05, 4.69) is 40.3 Å². The Labute approximate surface area is 354 Å². The Balaban J connectivity index is 0.000000186. The maximum atomic E-state index is 13.3. The normalized spacial score (nSPS) is 11.3. The van der Waals surface area contributed by atoms with Gasteiger partial charge in [0.05, 0.1) is 41.0 Å². The van der Waals surface area contributed by atoms with Crippen LogP contribution in [0, 0.1) is 0 Å². The van der Waals surface area contributed by atoms with Crippen molar-refractivity contribution in [2.45, 2.75) is 5.51 Å². The molecule has 4 aromatic carbocycles. The van der Waals surface area contributed by atoms with E-state index >= 15 is 0 Å². The van der Waals surface area contributed by atoms with Crippen LogP contribution in [-0.2, 0) is 10.1 Å². The third-order valence-electron chi connectivity index (χ3n) is 8.82. The van der Waals surface area contributed by atoms with Crippen LogP contribution in [0.1, 0.15) is 0 Å². The molecule has 0 N–H and O–H groups in total. The van der Waals surface area contributed by atoms with Gasteiger partial charge in [-0.15, -0.1) is 0 Å². The van der Waals surface area contributed by atoms with Gasteiger partial charge in [0.1, 0.15) is 17.1 Å². The molecule has 306 valence electrons. The van der Waals surface area contributed by atoms with E-state index in [4.69, 9.17) is 4.74 Å². The number of alkyl halides is 3. The van der Waals surface area contributed by atoms with Gasteiger partial charge in [-0.1, -0.05) is 72.8 Å². The van der Waals surface area contributed by atoms with Crippen LogP contribution in [0.2, 0.25) is 0 Å². The first kappa shape index (κ1) is 41.9. The van der Waals surface area contributed by atoms with E-state index in [-0.39, 0.29) is 22.4 Å². The van der Waals surface area contributed by atoms with Gasteiger partial charge in [-0.25, -0.2) is 0 Å². The monoisotopic (exact) mass is 906 g/mol. The molecule has 0 amide bonds. The molecule has 61 heavy (non-hydrogen) atoms. The lowest BCUT2D eigenvalue weighted by molar-refractivity contribution is -0.0499. The summed E-state index contributed by atoms with van der Waals surface area (Å²) < 4.78 is 74.8. The second-order valence-corrected chi connectivity index (χ2v) is 15.1. The minimum Gasteiger partial charge on any atom is -0.497 e. The van der Waals surface area contributed by atoms with Gasteiger partial charge in [0.2, 0.25) is 0 Å². The van der Waals surface area contributed by atoms with Crippen molar-refractivity contribution in [1.29, 1.82) is 0 Å². The molecule has 0 spiro atoms. The fourth-order valence-electron chi connectivity index (χ4n) is 5.90. The molecule has 0 bridgehead atoms. The summed E-state index contributed by atoms with van der Waals surface area (Å²) in [6.45, 7) is 0. The molecular formula is C44H30BrF3N6O6S. The van der Waals surface area contributed by atoms with E-state index < -0.39 is 26.9 Å². The zero-order chi connectivity index (χ0) is 43.1. The lowest BCUT2D eigenvalue weighted by atomic mass is 10.0. The van der Waals surface area contributed by atoms with Crippen molar-refractivity contribution >= 4 is 26.0 Å². The highest BCUT2D eigenvalue weighted by Crippen LogP contribution is 2.34. The Morgan fingerprint density at radius 1 is 0.590 bits per heavy atom. The summed E-state index contributed by atoms with van der Waals surface area (Å²) in [4.78, 5) is 35.2. The smallest absolute Gasteiger partial charge is 0.497 e. The van der Waals surface area contributed by atoms with Gasteiger partial charge in [0, 0.05) is 22.4 Å². The lowest BCUT2D eigenvalue weighted by Crippen LogP contribution is -2.28. The molecule has 8 rings (SSSR count). The van der Waals surface area contributed by atoms with Crippen LogP contribution in [0.3, 0.4) is 0 Å². The summed E-state index contributed by atoms with van der Waals surface area (Å²) in [5.41, 5.74) is -2.50. The summed E-state index contributed by atoms with van der Waals surface area (Å²) in [6.07, 6.45) is 3.22. The number of pyridine rings is 2. The summed E-state index contributed by atoms with van der Waals surface area (Å²) in [5, 5.41) is 8.93. The third-order valence-corrected chi connectivity index (χ3v) is 10.5. The largest absolute Gasteiger partial charge is 0.534 e. The predicted octanol–water partition coefficient (Wildman–Crippen LogP) is 8.92. The minimum absolute atomic E-state index is 0.123. The van der Waals surface area contributed by atoms with E-state index in [1.54, 1.807) is 67.9 Å². The fraction of sp³-hybridized carbons (Fsp3) is 0.0455. The molecule has 0 saturated carbocycles. The number of para-hydroxylation sites is 3. The molecule has 4 heterocycles. The van der Waals surface area contributed by atoms with Crippen molar-refractivity contribution in [3.63, 3.8) is 0 Å². The number of ether oxygens (including phenoxy) is 1. The van der Waals surface area contributed by atoms with E-state index in [0.717, 1.165) is 26.5 Å². The van der Waals surface area contributed by atoms with Crippen molar-refractivity contribution in [3.8, 4) is 67.9 Å². The lowest BCUT2D eigenvalue weighted by Gasteiger charge is -2.14. The molecule has 0 unspecified atom stereocenters. The number of halogens is 4. The molecule has 17 heteroatoms. The van der Waals surface area contributed by atoms with E-state index in [1.165, 1.54) is 35.1 Å². The summed E-state index contributed by atoms with van der Waals surface area (Å²) in [5.74, 6) is 0.0820. The van der Waals surface area contributed by atoms with Crippen LogP contribution in [-0.4, -0.2) is 50.6 Å². The number of rotatable bonds is 9. The molecule has 12 nitrogen and oxygen atoms in total. The maximum Gasteiger partial charge on any atom is 0.534 e. The second kappa shape index (κ2) is 17.9. The van der Waals surface area contributed by atoms with Crippen LogP contribution in [0.5, 0.6) is 11.5 Å². The maximum absolute atomic E-state index is 13.3. The van der Waals surface area contributed by atoms with Crippen LogP contribution in [0.15, 0.2) is 178 Å². The van der Waals surface area contributed by atoms with Gasteiger partial charge < -0.3 is 8.92 Å². The Morgan fingerprint density at radius 2 is 1.13 bits per heavy atom. The number of methoxy groups -OCH3 is 1. The van der Waals surface area contributed by atoms with Gasteiger partial charge in [-0.2, -0.15) is 41.2 Å². The average molecular weight is 908 g/mol. The highest BCUT2D eigenvalue weighted by atomic mass is 79.9. The summed E-state index contributed by atoms with van der Waals surface area (Å²) >= 11 is 3.52. The third kappa shape index (κ3) is 9.32. The molecule has 4 aromatic heterocycles. The van der Waals surface area contributed by atoms with Crippen molar-refractivity contribution in [2.75, 3.05) is 7.11 Å². The van der Waals surface area contributed by atoms with Gasteiger partial charge >= 0.3 is 15.6 Å². The van der Waals surface area contributed by atoms with Gasteiger partial charge in [-0.05, 0) is 100 Å². The molecule has 8 aromatic rings. The number of nitrogens with zero attached hydrogens (tertiary/aromatic N) is 6. The first-order chi connectivity index (χ1) is 29.3. The van der Waals surface area contributed by atoms with Gasteiger partial charge in [0.25, 0.3) is 11.1 Å². The van der Waals surface area contributed by atoms with Crippen molar-refractivity contribution in [1.82, 2.24) is 29.5 Å². The van der Waals surface area contributed by atoms with Gasteiger partial charge in [0.15, 0.2) is 5.75 Å².